The van der Waals surface area contributed by atoms with Crippen molar-refractivity contribution in [2.45, 2.75) is 6.92 Å². The molecule has 1 aromatic carbocycles. The van der Waals surface area contributed by atoms with Crippen LogP contribution in [-0.4, -0.2) is 87.0 Å². The zero-order chi connectivity index (χ0) is 30.1. The Morgan fingerprint density at radius 2 is 1.30 bits per heavy atom. The monoisotopic (exact) mass is 594 g/mol. The summed E-state index contributed by atoms with van der Waals surface area (Å²) in [5.74, 6) is -11.5. The molecule has 5 N–H and O–H groups in total. The van der Waals surface area contributed by atoms with E-state index in [0.717, 1.165) is 0 Å². The Hall–Kier alpha value is -4.09. The van der Waals surface area contributed by atoms with Gasteiger partial charge in [0.05, 0.1) is 32.0 Å². The first-order valence-corrected chi connectivity index (χ1v) is 12.6. The van der Waals surface area contributed by atoms with E-state index >= 15 is 0 Å². The summed E-state index contributed by atoms with van der Waals surface area (Å²) < 4.78 is 60.6. The number of thioether (sulfide) groups is 1. The zero-order valence-corrected chi connectivity index (χ0v) is 21.9. The largest absolute Gasteiger partial charge is 0.381 e. The number of hydrogen-bond donors (Lipinski definition) is 5. The SMILES string of the molecule is CCOCCSCC(=O)NCC(=O)NCC(=O)NCC(=O)NCCNC(=O)c1c(F)c(F)c(N=[N+]=[N-])c(F)c1F. The fourth-order valence-corrected chi connectivity index (χ4v) is 3.29. The Labute approximate surface area is 228 Å². The molecule has 0 fully saturated rings. The first-order chi connectivity index (χ1) is 19.0. The average Bonchev–Trinajstić information content (AvgIpc) is 2.93. The number of carbonyl (C=O) groups excluding carboxylic acids is 5. The van der Waals surface area contributed by atoms with Gasteiger partial charge in [-0.1, -0.05) is 5.11 Å². The molecule has 0 unspecified atom stereocenters. The number of nitrogens with one attached hydrogen (secondary N) is 5. The molecule has 0 aliphatic rings. The Balaban J connectivity index is 2.29. The van der Waals surface area contributed by atoms with Gasteiger partial charge >= 0.3 is 0 Å². The van der Waals surface area contributed by atoms with Gasteiger partial charge in [0.15, 0.2) is 23.3 Å². The third-order valence-corrected chi connectivity index (χ3v) is 5.41. The molecule has 0 bridgehead atoms. The minimum atomic E-state index is -2.08. The number of rotatable bonds is 17. The van der Waals surface area contributed by atoms with Crippen molar-refractivity contribution in [2.24, 2.45) is 5.11 Å². The Morgan fingerprint density at radius 3 is 1.82 bits per heavy atom. The van der Waals surface area contributed by atoms with E-state index in [1.54, 1.807) is 0 Å². The van der Waals surface area contributed by atoms with Crippen LogP contribution in [0.15, 0.2) is 5.11 Å². The molecule has 0 aliphatic heterocycles. The summed E-state index contributed by atoms with van der Waals surface area (Å²) in [6, 6.07) is 0. The molecule has 14 nitrogen and oxygen atoms in total. The van der Waals surface area contributed by atoms with Crippen LogP contribution in [0.2, 0.25) is 0 Å². The number of azide groups is 1. The first kappa shape index (κ1) is 33.9. The normalized spacial score (nSPS) is 10.2. The zero-order valence-electron chi connectivity index (χ0n) is 21.1. The third kappa shape index (κ3) is 11.7. The minimum absolute atomic E-state index is 0.135. The Bertz CT molecular complexity index is 1120. The molecule has 0 atom stereocenters. The highest BCUT2D eigenvalue weighted by molar-refractivity contribution is 7.99. The molecule has 0 saturated carbocycles. The lowest BCUT2D eigenvalue weighted by atomic mass is 10.1. The van der Waals surface area contributed by atoms with Crippen LogP contribution >= 0.6 is 11.8 Å². The van der Waals surface area contributed by atoms with Gasteiger partial charge in [-0.05, 0) is 12.5 Å². The fourth-order valence-electron chi connectivity index (χ4n) is 2.62. The predicted molar refractivity (Wildman–Crippen MR) is 133 cm³/mol. The van der Waals surface area contributed by atoms with Crippen LogP contribution in [0.5, 0.6) is 0 Å². The van der Waals surface area contributed by atoms with Crippen molar-refractivity contribution in [3.63, 3.8) is 0 Å². The molecule has 40 heavy (non-hydrogen) atoms. The molecule has 5 amide bonds. The Morgan fingerprint density at radius 1 is 0.800 bits per heavy atom. The van der Waals surface area contributed by atoms with Crippen molar-refractivity contribution >= 4 is 47.0 Å². The van der Waals surface area contributed by atoms with Gasteiger partial charge in [-0.15, -0.1) is 11.8 Å². The number of halogens is 4. The van der Waals surface area contributed by atoms with Gasteiger partial charge in [0.25, 0.3) is 5.91 Å². The second-order valence-corrected chi connectivity index (χ2v) is 8.46. The van der Waals surface area contributed by atoms with E-state index in [2.05, 4.69) is 26.4 Å². The van der Waals surface area contributed by atoms with Gasteiger partial charge in [0, 0.05) is 30.4 Å². The number of nitrogens with zero attached hydrogens (tertiary/aromatic N) is 3. The highest BCUT2D eigenvalue weighted by Crippen LogP contribution is 2.30. The summed E-state index contributed by atoms with van der Waals surface area (Å²) in [6.45, 7) is 0.839. The molecule has 0 saturated heterocycles. The summed E-state index contributed by atoms with van der Waals surface area (Å²) in [5, 5.41) is 13.5. The van der Waals surface area contributed by atoms with E-state index in [-0.39, 0.29) is 24.7 Å². The molecule has 0 aromatic heterocycles. The van der Waals surface area contributed by atoms with Crippen LogP contribution in [0, 0.1) is 23.3 Å². The van der Waals surface area contributed by atoms with Crippen LogP contribution in [0.3, 0.4) is 0 Å². The third-order valence-electron chi connectivity index (χ3n) is 4.49. The molecule has 0 heterocycles. The number of benzene rings is 1. The summed E-state index contributed by atoms with van der Waals surface area (Å²) in [4.78, 5) is 60.9. The van der Waals surface area contributed by atoms with Crippen LogP contribution in [0.25, 0.3) is 10.4 Å². The van der Waals surface area contributed by atoms with Crippen molar-refractivity contribution in [2.75, 3.05) is 57.4 Å². The molecule has 19 heteroatoms. The van der Waals surface area contributed by atoms with E-state index in [0.29, 0.717) is 19.0 Å². The highest BCUT2D eigenvalue weighted by Gasteiger charge is 2.28. The number of amides is 5. The van der Waals surface area contributed by atoms with E-state index < -0.39 is 77.8 Å². The van der Waals surface area contributed by atoms with E-state index in [1.807, 2.05) is 17.2 Å². The van der Waals surface area contributed by atoms with Crippen molar-refractivity contribution in [3.8, 4) is 0 Å². The fraction of sp³-hybridized carbons (Fsp3) is 0.476. The van der Waals surface area contributed by atoms with Crippen molar-refractivity contribution in [3.05, 3.63) is 39.3 Å². The Kier molecular flexibility index (Phi) is 15.5. The van der Waals surface area contributed by atoms with Gasteiger partial charge in [-0.3, -0.25) is 24.0 Å². The molecular formula is C21H26F4N8O6S. The average molecular weight is 595 g/mol. The van der Waals surface area contributed by atoms with Gasteiger partial charge in [0.1, 0.15) is 11.3 Å². The molecule has 0 aliphatic carbocycles. The van der Waals surface area contributed by atoms with Crippen molar-refractivity contribution < 1.29 is 46.3 Å². The van der Waals surface area contributed by atoms with Crippen molar-refractivity contribution in [1.29, 1.82) is 0 Å². The maximum atomic E-state index is 14.0. The van der Waals surface area contributed by atoms with Crippen LogP contribution in [-0.2, 0) is 23.9 Å². The number of hydrogen-bond acceptors (Lipinski definition) is 8. The first-order valence-electron chi connectivity index (χ1n) is 11.4. The number of ether oxygens (including phenoxy) is 1. The smallest absolute Gasteiger partial charge is 0.257 e. The summed E-state index contributed by atoms with van der Waals surface area (Å²) in [5.41, 5.74) is 5.05. The topological polar surface area (TPSA) is 203 Å². The molecule has 1 rings (SSSR count). The quantitative estimate of drug-likeness (QED) is 0.0421. The minimum Gasteiger partial charge on any atom is -0.381 e. The summed E-state index contributed by atoms with van der Waals surface area (Å²) >= 11 is 1.33. The van der Waals surface area contributed by atoms with Crippen LogP contribution in [0.4, 0.5) is 23.2 Å². The number of carbonyl (C=O) groups is 5. The van der Waals surface area contributed by atoms with Crippen LogP contribution in [0.1, 0.15) is 17.3 Å². The lowest BCUT2D eigenvalue weighted by molar-refractivity contribution is -0.128. The maximum absolute atomic E-state index is 14.0. The van der Waals surface area contributed by atoms with E-state index in [1.165, 1.54) is 11.8 Å². The van der Waals surface area contributed by atoms with Crippen LogP contribution < -0.4 is 26.6 Å². The second-order valence-electron chi connectivity index (χ2n) is 7.35. The summed E-state index contributed by atoms with van der Waals surface area (Å²) in [7, 11) is 0. The van der Waals surface area contributed by atoms with Gasteiger partial charge in [-0.2, -0.15) is 0 Å². The van der Waals surface area contributed by atoms with Gasteiger partial charge in [-0.25, -0.2) is 17.6 Å². The van der Waals surface area contributed by atoms with Gasteiger partial charge in [0.2, 0.25) is 23.6 Å². The van der Waals surface area contributed by atoms with E-state index in [4.69, 9.17) is 10.3 Å². The van der Waals surface area contributed by atoms with Crippen molar-refractivity contribution in [1.82, 2.24) is 26.6 Å². The highest BCUT2D eigenvalue weighted by atomic mass is 32.2. The molecule has 0 spiro atoms. The van der Waals surface area contributed by atoms with E-state index in [9.17, 15) is 41.5 Å². The molecule has 220 valence electrons. The predicted octanol–water partition coefficient (Wildman–Crippen LogP) is 0.149. The standard InChI is InChI=1S/C21H26F4N8O6S/c1-2-39-5-6-40-10-14(37)31-9-13(36)30-8-12(35)29-7-11(34)27-3-4-28-21(38)15-16(22)18(24)20(32-33-26)19(25)17(15)23/h2-10H2,1H3,(H,27,34)(H,28,38)(H,29,35)(H,30,36)(H,31,37). The maximum Gasteiger partial charge on any atom is 0.257 e. The summed E-state index contributed by atoms with van der Waals surface area (Å²) in [6.07, 6.45) is 0. The molecular weight excluding hydrogens is 568 g/mol. The lowest BCUT2D eigenvalue weighted by Crippen LogP contribution is -2.45. The second kappa shape index (κ2) is 18.2. The molecule has 1 aromatic rings. The van der Waals surface area contributed by atoms with Gasteiger partial charge < -0.3 is 31.3 Å². The molecule has 0 radical (unpaired) electrons. The lowest BCUT2D eigenvalue weighted by Gasteiger charge is -2.11.